The predicted octanol–water partition coefficient (Wildman–Crippen LogP) is -0.386. The summed E-state index contributed by atoms with van der Waals surface area (Å²) in [6, 6.07) is 0. The lowest BCUT2D eigenvalue weighted by Crippen LogP contribution is -2.53. The Kier molecular flexibility index (Phi) is 6.49. The van der Waals surface area contributed by atoms with Gasteiger partial charge in [0.15, 0.2) is 0 Å². The zero-order valence-corrected chi connectivity index (χ0v) is 9.49. The summed E-state index contributed by atoms with van der Waals surface area (Å²) in [5, 5.41) is 19.9. The third-order valence-corrected chi connectivity index (χ3v) is 2.87. The van der Waals surface area contributed by atoms with Crippen molar-refractivity contribution in [3.63, 3.8) is 0 Å². The normalized spacial score (nSPS) is 13.3. The van der Waals surface area contributed by atoms with E-state index < -0.39 is 0 Å². The van der Waals surface area contributed by atoms with E-state index >= 15 is 0 Å². The third kappa shape index (κ3) is 4.07. The molecule has 0 unspecified atom stereocenters. The van der Waals surface area contributed by atoms with Gasteiger partial charge in [-0.1, -0.05) is 0 Å². The lowest BCUT2D eigenvalue weighted by atomic mass is 10.3. The van der Waals surface area contributed by atoms with Crippen LogP contribution in [0.1, 0.15) is 20.8 Å². The van der Waals surface area contributed by atoms with Crippen LogP contribution in [0.25, 0.3) is 0 Å². The van der Waals surface area contributed by atoms with Crippen LogP contribution >= 0.6 is 0 Å². The minimum atomic E-state index is -0.0930. The molecule has 4 heteroatoms. The number of nitrogens with zero attached hydrogens (tertiary/aromatic N) is 2. The van der Waals surface area contributed by atoms with Gasteiger partial charge in [0.1, 0.15) is 6.54 Å². The summed E-state index contributed by atoms with van der Waals surface area (Å²) in [5.41, 5.74) is 0. The lowest BCUT2D eigenvalue weighted by molar-refractivity contribution is -0.916. The quantitative estimate of drug-likeness (QED) is 0.347. The summed E-state index contributed by atoms with van der Waals surface area (Å²) in [6.45, 7) is 9.77. The first kappa shape index (κ1) is 13.4. The molecule has 0 heterocycles. The molecule has 0 radical (unpaired) electrons. The van der Waals surface area contributed by atoms with Gasteiger partial charge in [0.05, 0.1) is 32.8 Å². The van der Waals surface area contributed by atoms with E-state index in [1.807, 2.05) is 0 Å². The second-order valence-corrected chi connectivity index (χ2v) is 3.45. The Bertz CT molecular complexity index is 169. The number of quaternary nitrogens is 1. The first-order valence-electron chi connectivity index (χ1n) is 5.30. The van der Waals surface area contributed by atoms with Gasteiger partial charge in [0.25, 0.3) is 0 Å². The molecule has 1 N–H and O–H groups in total. The fourth-order valence-electron chi connectivity index (χ4n) is 1.52. The second-order valence-electron chi connectivity index (χ2n) is 3.45. The maximum atomic E-state index is 11.4. The molecule has 0 saturated heterocycles. The number of hydrogen-bond acceptors (Lipinski definition) is 3. The summed E-state index contributed by atoms with van der Waals surface area (Å²) in [4.78, 5) is 3.77. The molecule has 0 aromatic rings. The van der Waals surface area contributed by atoms with E-state index in [1.165, 1.54) is 0 Å². The fraction of sp³-hybridized carbons (Fsp3) is 0.900. The molecule has 0 aliphatic carbocycles. The highest BCUT2D eigenvalue weighted by Gasteiger charge is 2.19. The smallest absolute Gasteiger partial charge is 0.107 e. The molecule has 0 rings (SSSR count). The Morgan fingerprint density at radius 3 is 2.07 bits per heavy atom. The van der Waals surface area contributed by atoms with E-state index in [0.717, 1.165) is 24.1 Å². The first-order valence-corrected chi connectivity index (χ1v) is 5.30. The minimum Gasteiger partial charge on any atom is -0.858 e. The summed E-state index contributed by atoms with van der Waals surface area (Å²) < 4.78 is 0.785. The van der Waals surface area contributed by atoms with Crippen molar-refractivity contribution in [2.75, 3.05) is 39.3 Å². The molecular weight excluding hydrogens is 180 g/mol. The van der Waals surface area contributed by atoms with Crippen LogP contribution in [-0.4, -0.2) is 54.8 Å². The minimum absolute atomic E-state index is 0.0455. The summed E-state index contributed by atoms with van der Waals surface area (Å²) in [5.74, 6) is -0.0930. The highest BCUT2D eigenvalue weighted by atomic mass is 16.3. The van der Waals surface area contributed by atoms with E-state index in [-0.39, 0.29) is 19.0 Å². The lowest BCUT2D eigenvalue weighted by Gasteiger charge is -2.37. The summed E-state index contributed by atoms with van der Waals surface area (Å²) in [7, 11) is 0. The van der Waals surface area contributed by atoms with Crippen molar-refractivity contribution >= 4 is 5.90 Å². The Morgan fingerprint density at radius 1 is 1.21 bits per heavy atom. The zero-order chi connectivity index (χ0) is 11.0. The Labute approximate surface area is 86.5 Å². The molecule has 84 valence electrons. The van der Waals surface area contributed by atoms with Crippen LogP contribution in [0.15, 0.2) is 4.99 Å². The molecule has 0 aromatic heterocycles. The molecule has 0 aliphatic rings. The van der Waals surface area contributed by atoms with E-state index in [4.69, 9.17) is 5.11 Å². The Hall–Kier alpha value is -0.610. The Balaban J connectivity index is 4.28. The van der Waals surface area contributed by atoms with Crippen LogP contribution < -0.4 is 5.11 Å². The number of hydrogen-bond donors (Lipinski definition) is 1. The maximum Gasteiger partial charge on any atom is 0.107 e. The molecule has 0 atom stereocenters. The molecule has 0 aliphatic heterocycles. The van der Waals surface area contributed by atoms with Crippen LogP contribution in [0.5, 0.6) is 0 Å². The Morgan fingerprint density at radius 2 is 1.71 bits per heavy atom. The second kappa shape index (κ2) is 6.79. The molecule has 0 spiro atoms. The van der Waals surface area contributed by atoms with Crippen LogP contribution in [-0.2, 0) is 0 Å². The number of likely N-dealkylation sites (N-methyl/N-ethyl adjacent to an activating group) is 1. The van der Waals surface area contributed by atoms with Gasteiger partial charge in [-0.3, -0.25) is 4.99 Å². The molecule has 0 amide bonds. The maximum absolute atomic E-state index is 11.4. The van der Waals surface area contributed by atoms with Gasteiger partial charge in [-0.05, 0) is 20.8 Å². The molecule has 0 fully saturated rings. The monoisotopic (exact) mass is 202 g/mol. The van der Waals surface area contributed by atoms with E-state index in [2.05, 4.69) is 25.8 Å². The van der Waals surface area contributed by atoms with Gasteiger partial charge in [0.2, 0.25) is 0 Å². The summed E-state index contributed by atoms with van der Waals surface area (Å²) >= 11 is 0. The highest BCUT2D eigenvalue weighted by Crippen LogP contribution is 2.04. The van der Waals surface area contributed by atoms with Crippen molar-refractivity contribution in [3.8, 4) is 0 Å². The number of rotatable bonds is 7. The summed E-state index contributed by atoms with van der Waals surface area (Å²) in [6.07, 6.45) is 0. The average Bonchev–Trinajstić information content (AvgIpc) is 2.23. The van der Waals surface area contributed by atoms with Crippen molar-refractivity contribution in [1.29, 1.82) is 0 Å². The van der Waals surface area contributed by atoms with Crippen molar-refractivity contribution in [1.82, 2.24) is 0 Å². The molecule has 0 aromatic carbocycles. The van der Waals surface area contributed by atoms with Gasteiger partial charge in [0, 0.05) is 5.90 Å². The van der Waals surface area contributed by atoms with Crippen molar-refractivity contribution in [2.45, 2.75) is 20.8 Å². The number of aliphatic imine (C=N–C) groups is 1. The topological polar surface area (TPSA) is 55.7 Å². The fourth-order valence-corrected chi connectivity index (χ4v) is 1.52. The van der Waals surface area contributed by atoms with Crippen molar-refractivity contribution in [3.05, 3.63) is 0 Å². The van der Waals surface area contributed by atoms with Gasteiger partial charge >= 0.3 is 0 Å². The number of aliphatic hydroxyl groups excluding tert-OH is 1. The van der Waals surface area contributed by atoms with E-state index in [1.54, 1.807) is 0 Å². The van der Waals surface area contributed by atoms with E-state index in [9.17, 15) is 5.11 Å². The SMILES string of the molecule is CC[N+](CC)(CC)CC([O-])=NCCO. The van der Waals surface area contributed by atoms with Crippen LogP contribution in [0, 0.1) is 0 Å². The number of aliphatic hydroxyl groups is 1. The molecule has 0 saturated carbocycles. The van der Waals surface area contributed by atoms with Gasteiger partial charge in [-0.25, -0.2) is 0 Å². The van der Waals surface area contributed by atoms with Gasteiger partial charge < -0.3 is 14.7 Å². The molecule has 4 nitrogen and oxygen atoms in total. The van der Waals surface area contributed by atoms with Crippen LogP contribution in [0.2, 0.25) is 0 Å². The van der Waals surface area contributed by atoms with Crippen LogP contribution in [0.3, 0.4) is 0 Å². The first-order chi connectivity index (χ1) is 6.64. The highest BCUT2D eigenvalue weighted by molar-refractivity contribution is 5.72. The average molecular weight is 202 g/mol. The predicted molar refractivity (Wildman–Crippen MR) is 56.1 cm³/mol. The largest absolute Gasteiger partial charge is 0.858 e. The molecular formula is C10H22N2O2. The third-order valence-electron chi connectivity index (χ3n) is 2.87. The zero-order valence-electron chi connectivity index (χ0n) is 9.49. The van der Waals surface area contributed by atoms with E-state index in [0.29, 0.717) is 6.54 Å². The van der Waals surface area contributed by atoms with Crippen molar-refractivity contribution < 1.29 is 14.7 Å². The molecule has 14 heavy (non-hydrogen) atoms. The van der Waals surface area contributed by atoms with Gasteiger partial charge in [-0.15, -0.1) is 0 Å². The van der Waals surface area contributed by atoms with Crippen LogP contribution in [0.4, 0.5) is 0 Å². The standard InChI is InChI=1S/C10H22N2O2/c1-4-12(5-2,6-3)9-10(14)11-7-8-13/h13H,4-9H2,1-3H3. The molecule has 0 bridgehead atoms. The van der Waals surface area contributed by atoms with Gasteiger partial charge in [-0.2, -0.15) is 0 Å². The van der Waals surface area contributed by atoms with Crippen molar-refractivity contribution in [2.24, 2.45) is 4.99 Å².